The molecule has 2 nitrogen and oxygen atoms in total. The van der Waals surface area contributed by atoms with Crippen LogP contribution < -0.4 is 5.73 Å². The van der Waals surface area contributed by atoms with Gasteiger partial charge in [0.1, 0.15) is 0 Å². The number of phenols is 1. The molecule has 1 aromatic carbocycles. The second-order valence-electron chi connectivity index (χ2n) is 3.33. The summed E-state index contributed by atoms with van der Waals surface area (Å²) >= 11 is 0. The lowest BCUT2D eigenvalue weighted by Gasteiger charge is -2.12. The van der Waals surface area contributed by atoms with Crippen LogP contribution in [0.3, 0.4) is 0 Å². The third kappa shape index (κ3) is 2.55. The zero-order chi connectivity index (χ0) is 11.6. The van der Waals surface area contributed by atoms with Gasteiger partial charge in [-0.25, -0.2) is 0 Å². The fourth-order valence-corrected chi connectivity index (χ4v) is 1.37. The van der Waals surface area contributed by atoms with Gasteiger partial charge in [-0.3, -0.25) is 0 Å². The van der Waals surface area contributed by atoms with E-state index < -0.39 is 17.5 Å². The van der Waals surface area contributed by atoms with Crippen LogP contribution >= 0.6 is 0 Å². The molecule has 0 aliphatic heterocycles. The number of hydrogen-bond acceptors (Lipinski definition) is 2. The van der Waals surface area contributed by atoms with Crippen molar-refractivity contribution in [1.82, 2.24) is 0 Å². The van der Waals surface area contributed by atoms with Crippen LogP contribution in [0.15, 0.2) is 12.1 Å². The topological polar surface area (TPSA) is 46.2 Å². The van der Waals surface area contributed by atoms with Crippen molar-refractivity contribution in [3.8, 4) is 5.75 Å². The minimum Gasteiger partial charge on any atom is -0.505 e. The molecule has 0 spiro atoms. The highest BCUT2D eigenvalue weighted by Gasteiger charge is 2.34. The molecule has 0 heterocycles. The number of nitrogen functional groups attached to an aromatic ring is 1. The van der Waals surface area contributed by atoms with Crippen LogP contribution in [0.4, 0.5) is 18.9 Å². The van der Waals surface area contributed by atoms with E-state index in [0.717, 1.165) is 12.5 Å². The first kappa shape index (κ1) is 11.7. The fraction of sp³-hybridized carbons (Fsp3) is 0.400. The summed E-state index contributed by atoms with van der Waals surface area (Å²) in [5, 5.41) is 9.18. The van der Waals surface area contributed by atoms with E-state index in [-0.39, 0.29) is 5.69 Å². The lowest BCUT2D eigenvalue weighted by atomic mass is 10.0. The molecular formula is C10H12F3NO. The molecule has 0 saturated carbocycles. The molecular weight excluding hydrogens is 207 g/mol. The lowest BCUT2D eigenvalue weighted by Crippen LogP contribution is -2.07. The highest BCUT2D eigenvalue weighted by Crippen LogP contribution is 2.39. The van der Waals surface area contributed by atoms with Gasteiger partial charge in [0.15, 0.2) is 5.75 Å². The van der Waals surface area contributed by atoms with Gasteiger partial charge in [-0.2, -0.15) is 13.2 Å². The minimum absolute atomic E-state index is 0.228. The van der Waals surface area contributed by atoms with Crippen LogP contribution in [0, 0.1) is 0 Å². The van der Waals surface area contributed by atoms with Crippen LogP contribution in [0.2, 0.25) is 0 Å². The van der Waals surface area contributed by atoms with Gasteiger partial charge in [0, 0.05) is 0 Å². The minimum atomic E-state index is -4.57. The van der Waals surface area contributed by atoms with Gasteiger partial charge in [0.05, 0.1) is 11.3 Å². The summed E-state index contributed by atoms with van der Waals surface area (Å²) in [6.45, 7) is 1.86. The Balaban J connectivity index is 3.25. The second-order valence-corrected chi connectivity index (χ2v) is 3.33. The summed E-state index contributed by atoms with van der Waals surface area (Å²) in [7, 11) is 0. The number of nitrogens with two attached hydrogens (primary N) is 1. The van der Waals surface area contributed by atoms with Crippen LogP contribution in [-0.4, -0.2) is 5.11 Å². The third-order valence-corrected chi connectivity index (χ3v) is 2.04. The molecule has 0 atom stereocenters. The highest BCUT2D eigenvalue weighted by molar-refractivity contribution is 5.58. The third-order valence-electron chi connectivity index (χ3n) is 2.04. The van der Waals surface area contributed by atoms with Crippen molar-refractivity contribution in [1.29, 1.82) is 0 Å². The summed E-state index contributed by atoms with van der Waals surface area (Å²) < 4.78 is 37.3. The molecule has 0 aromatic heterocycles. The van der Waals surface area contributed by atoms with Crippen molar-refractivity contribution in [3.05, 3.63) is 23.3 Å². The average molecular weight is 219 g/mol. The second kappa shape index (κ2) is 4.00. The first-order valence-electron chi connectivity index (χ1n) is 4.54. The molecule has 0 amide bonds. The van der Waals surface area contributed by atoms with Gasteiger partial charge < -0.3 is 10.8 Å². The summed E-state index contributed by atoms with van der Waals surface area (Å²) in [4.78, 5) is 0. The van der Waals surface area contributed by atoms with Crippen molar-refractivity contribution in [2.24, 2.45) is 0 Å². The number of phenolic OH excluding ortho intramolecular Hbond substituents is 1. The van der Waals surface area contributed by atoms with Crippen molar-refractivity contribution in [2.45, 2.75) is 25.9 Å². The predicted molar refractivity (Wildman–Crippen MR) is 51.5 cm³/mol. The average Bonchev–Trinajstić information content (AvgIpc) is 2.09. The van der Waals surface area contributed by atoms with Gasteiger partial charge >= 0.3 is 6.18 Å². The molecule has 1 rings (SSSR count). The summed E-state index contributed by atoms with van der Waals surface area (Å²) in [5.74, 6) is -0.887. The number of rotatable bonds is 2. The Morgan fingerprint density at radius 1 is 1.33 bits per heavy atom. The molecule has 3 N–H and O–H groups in total. The molecule has 15 heavy (non-hydrogen) atoms. The van der Waals surface area contributed by atoms with Gasteiger partial charge in [-0.05, 0) is 24.1 Å². The molecule has 0 saturated heterocycles. The normalized spacial score (nSPS) is 11.7. The lowest BCUT2D eigenvalue weighted by molar-refractivity contribution is -0.138. The molecule has 0 bridgehead atoms. The highest BCUT2D eigenvalue weighted by atomic mass is 19.4. The van der Waals surface area contributed by atoms with Gasteiger partial charge in [-0.1, -0.05) is 13.3 Å². The Morgan fingerprint density at radius 3 is 2.40 bits per heavy atom. The molecule has 5 heteroatoms. The van der Waals surface area contributed by atoms with Gasteiger partial charge in [-0.15, -0.1) is 0 Å². The Labute approximate surface area is 85.5 Å². The van der Waals surface area contributed by atoms with E-state index in [1.54, 1.807) is 0 Å². The molecule has 84 valence electrons. The monoisotopic (exact) mass is 219 g/mol. The van der Waals surface area contributed by atoms with E-state index in [9.17, 15) is 18.3 Å². The zero-order valence-corrected chi connectivity index (χ0v) is 8.23. The van der Waals surface area contributed by atoms with E-state index in [4.69, 9.17) is 5.73 Å². The number of anilines is 1. The Bertz CT molecular complexity index is 360. The SMILES string of the molecule is CCCc1cc(N)c(O)c(C(F)(F)F)c1. The number of aryl methyl sites for hydroxylation is 1. The van der Waals surface area contributed by atoms with Crippen LogP contribution in [0.25, 0.3) is 0 Å². The smallest absolute Gasteiger partial charge is 0.420 e. The van der Waals surface area contributed by atoms with E-state index in [1.165, 1.54) is 6.07 Å². The molecule has 0 radical (unpaired) electrons. The maximum absolute atomic E-state index is 12.4. The van der Waals surface area contributed by atoms with Crippen molar-refractivity contribution >= 4 is 5.69 Å². The van der Waals surface area contributed by atoms with Gasteiger partial charge in [0.2, 0.25) is 0 Å². The Hall–Kier alpha value is -1.39. The Kier molecular flexibility index (Phi) is 3.12. The van der Waals surface area contributed by atoms with E-state index in [1.807, 2.05) is 6.92 Å². The molecule has 1 aromatic rings. The molecule has 0 aliphatic rings. The largest absolute Gasteiger partial charge is 0.505 e. The van der Waals surface area contributed by atoms with Crippen molar-refractivity contribution in [3.63, 3.8) is 0 Å². The number of alkyl halides is 3. The number of hydrogen-bond donors (Lipinski definition) is 2. The zero-order valence-electron chi connectivity index (χ0n) is 8.23. The summed E-state index contributed by atoms with van der Waals surface area (Å²) in [6.07, 6.45) is -3.34. The van der Waals surface area contributed by atoms with Gasteiger partial charge in [0.25, 0.3) is 0 Å². The fourth-order valence-electron chi connectivity index (χ4n) is 1.37. The maximum Gasteiger partial charge on any atom is 0.420 e. The van der Waals surface area contributed by atoms with Crippen LogP contribution in [0.5, 0.6) is 5.75 Å². The van der Waals surface area contributed by atoms with Crippen LogP contribution in [-0.2, 0) is 12.6 Å². The summed E-state index contributed by atoms with van der Waals surface area (Å²) in [6, 6.07) is 2.31. The molecule has 0 aliphatic carbocycles. The summed E-state index contributed by atoms with van der Waals surface area (Å²) in [5.41, 5.74) is 4.49. The van der Waals surface area contributed by atoms with E-state index in [0.29, 0.717) is 12.0 Å². The van der Waals surface area contributed by atoms with Crippen LogP contribution in [0.1, 0.15) is 24.5 Å². The quantitative estimate of drug-likeness (QED) is 0.593. The standard InChI is InChI=1S/C10H12F3NO/c1-2-3-6-4-7(10(11,12)13)9(15)8(14)5-6/h4-5,15H,2-3,14H2,1H3. The number of halogens is 3. The predicted octanol–water partition coefficient (Wildman–Crippen LogP) is 2.95. The molecule has 0 fully saturated rings. The van der Waals surface area contributed by atoms with Crippen molar-refractivity contribution < 1.29 is 18.3 Å². The van der Waals surface area contributed by atoms with E-state index >= 15 is 0 Å². The first-order valence-corrected chi connectivity index (χ1v) is 4.54. The number of aromatic hydroxyl groups is 1. The van der Waals surface area contributed by atoms with E-state index in [2.05, 4.69) is 0 Å². The Morgan fingerprint density at radius 2 is 1.93 bits per heavy atom. The number of benzene rings is 1. The maximum atomic E-state index is 12.4. The molecule has 0 unspecified atom stereocenters. The van der Waals surface area contributed by atoms with Crippen molar-refractivity contribution in [2.75, 3.05) is 5.73 Å². The first-order chi connectivity index (χ1) is 6.86.